The minimum absolute atomic E-state index is 0.0442. The number of aromatic amines is 1. The molecule has 1 aromatic heterocycles. The summed E-state index contributed by atoms with van der Waals surface area (Å²) in [4.78, 5) is 7.62. The Morgan fingerprint density at radius 2 is 2.27 bits per heavy atom. The van der Waals surface area contributed by atoms with E-state index in [1.165, 1.54) is 18.5 Å². The topological polar surface area (TPSA) is 37.9 Å². The Kier molecular flexibility index (Phi) is 3.23. The predicted octanol–water partition coefficient (Wildman–Crippen LogP) is 3.49. The van der Waals surface area contributed by atoms with Crippen LogP contribution in [0.5, 0.6) is 0 Å². The molecule has 0 aliphatic heterocycles. The third-order valence-corrected chi connectivity index (χ3v) is 3.99. The van der Waals surface area contributed by atoms with Crippen molar-refractivity contribution in [2.24, 2.45) is 0 Å². The van der Waals surface area contributed by atoms with Gasteiger partial charge in [-0.15, -0.1) is 0 Å². The minimum Gasteiger partial charge on any atom is -0.374 e. The van der Waals surface area contributed by atoms with E-state index in [0.29, 0.717) is 10.6 Å². The van der Waals surface area contributed by atoms with Gasteiger partial charge in [0, 0.05) is 18.7 Å². The van der Waals surface area contributed by atoms with Crippen LogP contribution in [0.4, 0.5) is 0 Å². The standard InChI is InChI=1S/C10H13BrN2OS/c1-5(14-2)9-12-8(6-3-4-6)7(11)10(15)13-9/h5-6H,3-4H2,1-2H3,(H,12,13,15). The molecule has 0 radical (unpaired) electrons. The van der Waals surface area contributed by atoms with E-state index in [9.17, 15) is 0 Å². The molecule has 82 valence electrons. The van der Waals surface area contributed by atoms with Crippen molar-refractivity contribution >= 4 is 28.1 Å². The molecule has 0 aromatic carbocycles. The van der Waals surface area contributed by atoms with Crippen molar-refractivity contribution in [3.05, 3.63) is 20.6 Å². The van der Waals surface area contributed by atoms with Gasteiger partial charge in [0.25, 0.3) is 0 Å². The Morgan fingerprint density at radius 1 is 1.60 bits per heavy atom. The van der Waals surface area contributed by atoms with Crippen LogP contribution in [-0.4, -0.2) is 17.1 Å². The molecule has 1 saturated carbocycles. The third-order valence-electron chi connectivity index (χ3n) is 2.63. The molecule has 1 heterocycles. The summed E-state index contributed by atoms with van der Waals surface area (Å²) in [6.07, 6.45) is 2.42. The number of rotatable bonds is 3. The van der Waals surface area contributed by atoms with E-state index in [2.05, 4.69) is 25.9 Å². The second-order valence-corrected chi connectivity index (χ2v) is 4.99. The van der Waals surface area contributed by atoms with Crippen LogP contribution in [0.25, 0.3) is 0 Å². The van der Waals surface area contributed by atoms with Crippen LogP contribution < -0.4 is 0 Å². The van der Waals surface area contributed by atoms with E-state index in [0.717, 1.165) is 10.3 Å². The number of hydrogen-bond acceptors (Lipinski definition) is 3. The molecular formula is C10H13BrN2OS. The summed E-state index contributed by atoms with van der Waals surface area (Å²) in [7, 11) is 1.67. The van der Waals surface area contributed by atoms with Crippen LogP contribution in [0.1, 0.15) is 43.3 Å². The van der Waals surface area contributed by atoms with Crippen molar-refractivity contribution < 1.29 is 4.74 Å². The van der Waals surface area contributed by atoms with Crippen LogP contribution in [0.2, 0.25) is 0 Å². The zero-order valence-corrected chi connectivity index (χ0v) is 11.1. The van der Waals surface area contributed by atoms with Crippen molar-refractivity contribution in [3.8, 4) is 0 Å². The van der Waals surface area contributed by atoms with Gasteiger partial charge in [-0.25, -0.2) is 4.98 Å². The van der Waals surface area contributed by atoms with Crippen LogP contribution in [0.3, 0.4) is 0 Å². The number of aromatic nitrogens is 2. The molecule has 1 atom stereocenters. The Morgan fingerprint density at radius 3 is 2.80 bits per heavy atom. The number of hydrogen-bond donors (Lipinski definition) is 1. The average Bonchev–Trinajstić information content (AvgIpc) is 3.04. The predicted molar refractivity (Wildman–Crippen MR) is 64.5 cm³/mol. The zero-order chi connectivity index (χ0) is 11.0. The van der Waals surface area contributed by atoms with Crippen LogP contribution in [0, 0.1) is 4.64 Å². The van der Waals surface area contributed by atoms with Gasteiger partial charge in [-0.1, -0.05) is 12.2 Å². The summed E-state index contributed by atoms with van der Waals surface area (Å²) >= 11 is 8.70. The van der Waals surface area contributed by atoms with Crippen LogP contribution >= 0.6 is 28.1 Å². The Labute approximate surface area is 102 Å². The molecule has 0 spiro atoms. The number of H-pyrrole nitrogens is 1. The summed E-state index contributed by atoms with van der Waals surface area (Å²) in [6.45, 7) is 1.96. The summed E-state index contributed by atoms with van der Waals surface area (Å²) < 4.78 is 6.79. The molecule has 15 heavy (non-hydrogen) atoms. The SMILES string of the molecule is COC(C)c1nc(=S)c(Br)c(C2CC2)[nH]1. The summed E-state index contributed by atoms with van der Waals surface area (Å²) in [6, 6.07) is 0. The van der Waals surface area contributed by atoms with Crippen molar-refractivity contribution in [2.45, 2.75) is 31.8 Å². The lowest BCUT2D eigenvalue weighted by Crippen LogP contribution is -2.06. The quantitative estimate of drug-likeness (QED) is 0.866. The largest absolute Gasteiger partial charge is 0.374 e. The van der Waals surface area contributed by atoms with Gasteiger partial charge in [0.1, 0.15) is 16.6 Å². The van der Waals surface area contributed by atoms with Crippen LogP contribution in [-0.2, 0) is 4.74 Å². The molecule has 5 heteroatoms. The highest BCUT2D eigenvalue weighted by atomic mass is 79.9. The van der Waals surface area contributed by atoms with Crippen molar-refractivity contribution in [2.75, 3.05) is 7.11 Å². The fourth-order valence-electron chi connectivity index (χ4n) is 1.45. The Balaban J connectivity index is 2.45. The van der Waals surface area contributed by atoms with E-state index in [1.54, 1.807) is 7.11 Å². The van der Waals surface area contributed by atoms with Gasteiger partial charge < -0.3 is 9.72 Å². The van der Waals surface area contributed by atoms with E-state index in [1.807, 2.05) is 6.92 Å². The van der Waals surface area contributed by atoms with Crippen molar-refractivity contribution in [1.29, 1.82) is 0 Å². The number of nitrogens with one attached hydrogen (secondary N) is 1. The molecule has 2 rings (SSSR count). The molecule has 0 amide bonds. The van der Waals surface area contributed by atoms with Gasteiger partial charge in [-0.05, 0) is 35.7 Å². The van der Waals surface area contributed by atoms with Gasteiger partial charge in [0.05, 0.1) is 4.47 Å². The van der Waals surface area contributed by atoms with Crippen LogP contribution in [0.15, 0.2) is 4.47 Å². The number of ether oxygens (including phenoxy) is 1. The molecule has 1 aliphatic rings. The maximum Gasteiger partial charge on any atom is 0.144 e. The van der Waals surface area contributed by atoms with Gasteiger partial charge in [0.2, 0.25) is 0 Å². The second kappa shape index (κ2) is 4.31. The second-order valence-electron chi connectivity index (χ2n) is 3.81. The summed E-state index contributed by atoms with van der Waals surface area (Å²) in [5, 5.41) is 0. The van der Waals surface area contributed by atoms with E-state index >= 15 is 0 Å². The maximum atomic E-state index is 5.23. The van der Waals surface area contributed by atoms with Gasteiger partial charge in [0.15, 0.2) is 0 Å². The highest BCUT2D eigenvalue weighted by Crippen LogP contribution is 2.42. The lowest BCUT2D eigenvalue weighted by atomic mass is 10.2. The zero-order valence-electron chi connectivity index (χ0n) is 8.71. The third kappa shape index (κ3) is 2.29. The van der Waals surface area contributed by atoms with E-state index < -0.39 is 0 Å². The molecule has 0 bridgehead atoms. The molecule has 0 saturated heterocycles. The van der Waals surface area contributed by atoms with E-state index in [-0.39, 0.29) is 6.10 Å². The highest BCUT2D eigenvalue weighted by molar-refractivity contribution is 9.10. The lowest BCUT2D eigenvalue weighted by Gasteiger charge is -2.12. The number of nitrogens with zero attached hydrogens (tertiary/aromatic N) is 1. The first kappa shape index (κ1) is 11.2. The monoisotopic (exact) mass is 288 g/mol. The Hall–Kier alpha value is -0.260. The molecular weight excluding hydrogens is 276 g/mol. The average molecular weight is 289 g/mol. The number of halogens is 1. The van der Waals surface area contributed by atoms with Gasteiger partial charge in [-0.3, -0.25) is 0 Å². The summed E-state index contributed by atoms with van der Waals surface area (Å²) in [5.41, 5.74) is 1.17. The molecule has 1 fully saturated rings. The molecule has 1 aromatic rings. The number of methoxy groups -OCH3 is 1. The molecule has 1 aliphatic carbocycles. The Bertz CT molecular complexity index is 428. The van der Waals surface area contributed by atoms with Crippen molar-refractivity contribution in [1.82, 2.24) is 9.97 Å². The minimum atomic E-state index is -0.0442. The summed E-state index contributed by atoms with van der Waals surface area (Å²) in [5.74, 6) is 1.43. The van der Waals surface area contributed by atoms with E-state index in [4.69, 9.17) is 17.0 Å². The van der Waals surface area contributed by atoms with Gasteiger partial charge in [-0.2, -0.15) is 0 Å². The molecule has 1 N–H and O–H groups in total. The lowest BCUT2D eigenvalue weighted by molar-refractivity contribution is 0.111. The van der Waals surface area contributed by atoms with Crippen molar-refractivity contribution in [3.63, 3.8) is 0 Å². The maximum absolute atomic E-state index is 5.23. The smallest absolute Gasteiger partial charge is 0.144 e. The molecule has 1 unspecified atom stereocenters. The highest BCUT2D eigenvalue weighted by Gasteiger charge is 2.28. The first-order chi connectivity index (χ1) is 7.13. The normalized spacial score (nSPS) is 17.8. The fraction of sp³-hybridized carbons (Fsp3) is 0.600. The van der Waals surface area contributed by atoms with Gasteiger partial charge >= 0.3 is 0 Å². The first-order valence-electron chi connectivity index (χ1n) is 4.96. The fourth-order valence-corrected chi connectivity index (χ4v) is 2.17. The molecule has 3 nitrogen and oxygen atoms in total. The first-order valence-corrected chi connectivity index (χ1v) is 6.16.